The Morgan fingerprint density at radius 3 is 1.38 bits per heavy atom. The fourth-order valence-electron chi connectivity index (χ4n) is 6.49. The lowest BCUT2D eigenvalue weighted by molar-refractivity contribution is 1.11. The van der Waals surface area contributed by atoms with Crippen molar-refractivity contribution >= 4 is 0 Å². The Hall–Kier alpha value is -7.03. The van der Waals surface area contributed by atoms with Crippen molar-refractivity contribution < 1.29 is 0 Å². The fraction of sp³-hybridized carbons (Fsp3) is 0.0426. The van der Waals surface area contributed by atoms with Crippen molar-refractivity contribution in [3.63, 3.8) is 0 Å². The highest BCUT2D eigenvalue weighted by atomic mass is 14.9. The molecule has 0 N–H and O–H groups in total. The quantitative estimate of drug-likeness (QED) is 0.169. The molecule has 0 saturated heterocycles. The second kappa shape index (κ2) is 14.1. The summed E-state index contributed by atoms with van der Waals surface area (Å²) < 4.78 is 0. The van der Waals surface area contributed by atoms with Gasteiger partial charge in [0.2, 0.25) is 0 Å². The van der Waals surface area contributed by atoms with Crippen LogP contribution in [-0.4, -0.2) is 19.9 Å². The maximum Gasteiger partial charge on any atom is 0.160 e. The summed E-state index contributed by atoms with van der Waals surface area (Å²) in [6, 6.07) is 57.9. The zero-order chi connectivity index (χ0) is 35.4. The lowest BCUT2D eigenvalue weighted by atomic mass is 9.90. The number of aryl methyl sites for hydroxylation is 2. The normalized spacial score (nSPS) is 10.9. The van der Waals surface area contributed by atoms with E-state index in [1.165, 1.54) is 0 Å². The molecule has 8 aromatic rings. The molecule has 6 aromatic carbocycles. The summed E-state index contributed by atoms with van der Waals surface area (Å²) in [5.74, 6) is 1.43. The molecule has 0 spiro atoms. The zero-order valence-electron chi connectivity index (χ0n) is 28.8. The first-order chi connectivity index (χ1) is 25.5. The zero-order valence-corrected chi connectivity index (χ0v) is 28.8. The van der Waals surface area contributed by atoms with E-state index >= 15 is 0 Å². The lowest BCUT2D eigenvalue weighted by Gasteiger charge is -2.15. The average molecular weight is 668 g/mol. The average Bonchev–Trinajstić information content (AvgIpc) is 3.21. The Balaban J connectivity index is 1.16. The topological polar surface area (TPSA) is 75.3 Å². The van der Waals surface area contributed by atoms with Crippen LogP contribution in [0.5, 0.6) is 0 Å². The van der Waals surface area contributed by atoms with Gasteiger partial charge in [-0.25, -0.2) is 19.9 Å². The van der Waals surface area contributed by atoms with Gasteiger partial charge < -0.3 is 0 Å². The number of hydrogen-bond donors (Lipinski definition) is 0. The molecule has 2 aromatic heterocycles. The lowest BCUT2D eigenvalue weighted by Crippen LogP contribution is -1.95. The molecule has 0 aliphatic carbocycles. The van der Waals surface area contributed by atoms with E-state index in [9.17, 15) is 5.26 Å². The van der Waals surface area contributed by atoms with Crippen LogP contribution in [0.25, 0.3) is 78.7 Å². The number of benzene rings is 6. The minimum atomic E-state index is 0.627. The molecule has 0 saturated carbocycles. The number of nitrogens with zero attached hydrogens (tertiary/aromatic N) is 5. The summed E-state index contributed by atoms with van der Waals surface area (Å²) in [6.07, 6.45) is 0. The standard InChI is InChI=1S/C47H33N5/c1-31-26-44(51-46(49-31)38-11-5-3-6-12-38)36-20-16-34(17-21-36)40-24-25-42(41-15-9-10-33(28-41)30-48)43(29-40)35-18-22-37(23-19-35)45-27-32(2)50-47(52-45)39-13-7-4-8-14-39/h3-29H,1-2H3. The van der Waals surface area contributed by atoms with Crippen molar-refractivity contribution in [1.82, 2.24) is 19.9 Å². The molecule has 52 heavy (non-hydrogen) atoms. The third kappa shape index (κ3) is 6.74. The summed E-state index contributed by atoms with van der Waals surface area (Å²) in [7, 11) is 0. The van der Waals surface area contributed by atoms with E-state index in [0.717, 1.165) is 84.2 Å². The molecule has 0 radical (unpaired) electrons. The van der Waals surface area contributed by atoms with Gasteiger partial charge in [0.1, 0.15) is 0 Å². The molecule has 8 rings (SSSR count). The molecule has 5 nitrogen and oxygen atoms in total. The first-order valence-corrected chi connectivity index (χ1v) is 17.2. The van der Waals surface area contributed by atoms with Crippen LogP contribution in [-0.2, 0) is 0 Å². The van der Waals surface area contributed by atoms with Crippen LogP contribution in [0.2, 0.25) is 0 Å². The highest BCUT2D eigenvalue weighted by Gasteiger charge is 2.14. The predicted molar refractivity (Wildman–Crippen MR) is 210 cm³/mol. The molecule has 0 atom stereocenters. The van der Waals surface area contributed by atoms with Crippen LogP contribution in [0, 0.1) is 25.2 Å². The highest BCUT2D eigenvalue weighted by molar-refractivity contribution is 5.88. The van der Waals surface area contributed by atoms with Gasteiger partial charge in [0, 0.05) is 33.6 Å². The van der Waals surface area contributed by atoms with Gasteiger partial charge in [0.05, 0.1) is 23.0 Å². The molecule has 5 heteroatoms. The molecule has 0 aliphatic heterocycles. The Labute approximate surface area is 303 Å². The van der Waals surface area contributed by atoms with E-state index in [4.69, 9.17) is 15.0 Å². The van der Waals surface area contributed by atoms with Crippen LogP contribution in [0.15, 0.2) is 164 Å². The smallest absolute Gasteiger partial charge is 0.160 e. The number of aromatic nitrogens is 4. The van der Waals surface area contributed by atoms with Gasteiger partial charge in [-0.15, -0.1) is 0 Å². The Kier molecular flexibility index (Phi) is 8.71. The van der Waals surface area contributed by atoms with Gasteiger partial charge >= 0.3 is 0 Å². The third-order valence-corrected chi connectivity index (χ3v) is 9.10. The van der Waals surface area contributed by atoms with Crippen LogP contribution >= 0.6 is 0 Å². The molecule has 246 valence electrons. The van der Waals surface area contributed by atoms with Crippen molar-refractivity contribution in [2.75, 3.05) is 0 Å². The van der Waals surface area contributed by atoms with Crippen molar-refractivity contribution in [2.24, 2.45) is 0 Å². The van der Waals surface area contributed by atoms with Crippen molar-refractivity contribution in [3.05, 3.63) is 181 Å². The maximum absolute atomic E-state index is 9.66. The van der Waals surface area contributed by atoms with Gasteiger partial charge in [-0.05, 0) is 77.6 Å². The number of rotatable bonds is 7. The molecular formula is C47H33N5. The summed E-state index contributed by atoms with van der Waals surface area (Å²) in [5.41, 5.74) is 14.6. The Morgan fingerprint density at radius 1 is 0.365 bits per heavy atom. The van der Waals surface area contributed by atoms with Crippen LogP contribution in [0.3, 0.4) is 0 Å². The summed E-state index contributed by atoms with van der Waals surface area (Å²) in [4.78, 5) is 19.2. The summed E-state index contributed by atoms with van der Waals surface area (Å²) >= 11 is 0. The van der Waals surface area contributed by atoms with E-state index in [2.05, 4.69) is 83.8 Å². The number of nitriles is 1. The van der Waals surface area contributed by atoms with E-state index < -0.39 is 0 Å². The SMILES string of the molecule is Cc1cc(-c2ccc(-c3ccc(-c4cccc(C#N)c4)c(-c4ccc(-c5cc(C)nc(-c6ccccc6)n5)cc4)c3)cc2)nc(-c2ccccc2)n1. The second-order valence-electron chi connectivity index (χ2n) is 12.8. The fourth-order valence-corrected chi connectivity index (χ4v) is 6.49. The van der Waals surface area contributed by atoms with Crippen LogP contribution in [0.1, 0.15) is 17.0 Å². The minimum Gasteiger partial charge on any atom is -0.233 e. The van der Waals surface area contributed by atoms with Crippen molar-refractivity contribution in [2.45, 2.75) is 13.8 Å². The molecule has 0 fully saturated rings. The number of hydrogen-bond acceptors (Lipinski definition) is 5. The first-order valence-electron chi connectivity index (χ1n) is 17.2. The van der Waals surface area contributed by atoms with Crippen LogP contribution < -0.4 is 0 Å². The monoisotopic (exact) mass is 667 g/mol. The van der Waals surface area contributed by atoms with Crippen molar-refractivity contribution in [1.29, 1.82) is 5.26 Å². The highest BCUT2D eigenvalue weighted by Crippen LogP contribution is 2.37. The summed E-state index contributed by atoms with van der Waals surface area (Å²) in [5, 5.41) is 9.66. The summed E-state index contributed by atoms with van der Waals surface area (Å²) in [6.45, 7) is 4.01. The van der Waals surface area contributed by atoms with Crippen molar-refractivity contribution in [3.8, 4) is 84.7 Å². The van der Waals surface area contributed by atoms with Gasteiger partial charge in [0.15, 0.2) is 11.6 Å². The minimum absolute atomic E-state index is 0.627. The van der Waals surface area contributed by atoms with Gasteiger partial charge in [-0.2, -0.15) is 5.26 Å². The van der Waals surface area contributed by atoms with E-state index in [-0.39, 0.29) is 0 Å². The molecule has 0 aliphatic rings. The maximum atomic E-state index is 9.66. The van der Waals surface area contributed by atoms with E-state index in [0.29, 0.717) is 11.4 Å². The second-order valence-corrected chi connectivity index (χ2v) is 12.8. The van der Waals surface area contributed by atoms with Gasteiger partial charge in [-0.3, -0.25) is 0 Å². The third-order valence-electron chi connectivity index (χ3n) is 9.10. The Bertz CT molecular complexity index is 2570. The molecule has 0 unspecified atom stereocenters. The molecular weight excluding hydrogens is 635 g/mol. The van der Waals surface area contributed by atoms with Gasteiger partial charge in [0.25, 0.3) is 0 Å². The Morgan fingerprint density at radius 2 is 0.846 bits per heavy atom. The first kappa shape index (κ1) is 32.2. The van der Waals surface area contributed by atoms with E-state index in [1.807, 2.05) is 105 Å². The molecule has 0 bridgehead atoms. The van der Waals surface area contributed by atoms with Crippen LogP contribution in [0.4, 0.5) is 0 Å². The predicted octanol–water partition coefficient (Wildman–Crippen LogP) is 11.4. The largest absolute Gasteiger partial charge is 0.233 e. The molecule has 2 heterocycles. The van der Waals surface area contributed by atoms with Gasteiger partial charge in [-0.1, -0.05) is 133 Å². The molecule has 0 amide bonds. The van der Waals surface area contributed by atoms with E-state index in [1.54, 1.807) is 0 Å².